The average Bonchev–Trinajstić information content (AvgIpc) is 2.31. The number of nitrogens with zero attached hydrogens (tertiary/aromatic N) is 1. The van der Waals surface area contributed by atoms with E-state index in [4.69, 9.17) is 0 Å². The van der Waals surface area contributed by atoms with Crippen molar-refractivity contribution >= 4 is 15.9 Å². The molecule has 0 saturated heterocycles. The lowest BCUT2D eigenvalue weighted by Crippen LogP contribution is -2.31. The minimum Gasteiger partial charge on any atom is -0.492 e. The van der Waals surface area contributed by atoms with Crippen LogP contribution in [0.15, 0.2) is 32.3 Å². The summed E-state index contributed by atoms with van der Waals surface area (Å²) >= 11 is 3.21. The fourth-order valence-electron chi connectivity index (χ4n) is 1.55. The van der Waals surface area contributed by atoms with Gasteiger partial charge >= 0.3 is 5.69 Å². The molecule has 2 N–H and O–H groups in total. The number of aromatic hydroxyl groups is 1. The Hall–Kier alpha value is -1.89. The van der Waals surface area contributed by atoms with Crippen LogP contribution in [0.5, 0.6) is 5.88 Å². The van der Waals surface area contributed by atoms with Crippen molar-refractivity contribution in [3.63, 3.8) is 0 Å². The van der Waals surface area contributed by atoms with Gasteiger partial charge in [0.15, 0.2) is 0 Å². The van der Waals surface area contributed by atoms with Crippen LogP contribution in [0.2, 0.25) is 0 Å². The fraction of sp³-hybridized carbons (Fsp3) is 0.0909. The molecule has 1 heterocycles. The molecule has 1 aromatic carbocycles. The zero-order valence-electron chi connectivity index (χ0n) is 9.20. The minimum absolute atomic E-state index is 0.280. The van der Waals surface area contributed by atoms with E-state index in [1.807, 2.05) is 0 Å². The Kier molecular flexibility index (Phi) is 3.08. The van der Waals surface area contributed by atoms with Gasteiger partial charge in [-0.15, -0.1) is 0 Å². The summed E-state index contributed by atoms with van der Waals surface area (Å²) in [5.41, 5.74) is -1.23. The van der Waals surface area contributed by atoms with Gasteiger partial charge in [-0.1, -0.05) is 22.0 Å². The summed E-state index contributed by atoms with van der Waals surface area (Å²) in [6.07, 6.45) is 0. The molecule has 0 fully saturated rings. The van der Waals surface area contributed by atoms with E-state index in [2.05, 4.69) is 15.9 Å². The highest BCUT2D eigenvalue weighted by molar-refractivity contribution is 9.10. The Balaban J connectivity index is 2.88. The largest absolute Gasteiger partial charge is 0.492 e. The van der Waals surface area contributed by atoms with Gasteiger partial charge in [0.05, 0.1) is 5.69 Å². The van der Waals surface area contributed by atoms with Crippen LogP contribution in [0.1, 0.15) is 5.56 Å². The molecule has 0 unspecified atom stereocenters. The fourth-order valence-corrected chi connectivity index (χ4v) is 1.90. The standard InChI is InChI=1S/C11H8BrFN2O3/c1-5-2-3-6(12)4-7(5)15-10(17)8(13)9(16)14-11(15)18/h2-4,17H,1H3,(H,14,16,18). The highest BCUT2D eigenvalue weighted by Crippen LogP contribution is 2.22. The highest BCUT2D eigenvalue weighted by atomic mass is 79.9. The molecule has 7 heteroatoms. The Morgan fingerprint density at radius 2 is 2.06 bits per heavy atom. The van der Waals surface area contributed by atoms with Gasteiger partial charge in [-0.3, -0.25) is 9.78 Å². The summed E-state index contributed by atoms with van der Waals surface area (Å²) in [5, 5.41) is 9.58. The Bertz CT molecular complexity index is 736. The molecule has 0 atom stereocenters. The Morgan fingerprint density at radius 1 is 1.39 bits per heavy atom. The van der Waals surface area contributed by atoms with E-state index in [0.29, 0.717) is 14.6 Å². The summed E-state index contributed by atoms with van der Waals surface area (Å²) in [6, 6.07) is 4.96. The topological polar surface area (TPSA) is 75.1 Å². The first-order chi connectivity index (χ1) is 8.41. The van der Waals surface area contributed by atoms with Crippen molar-refractivity contribution in [3.8, 4) is 11.6 Å². The second kappa shape index (κ2) is 4.41. The zero-order chi connectivity index (χ0) is 13.4. The molecule has 94 valence electrons. The zero-order valence-corrected chi connectivity index (χ0v) is 10.8. The number of nitrogens with one attached hydrogen (secondary N) is 1. The van der Waals surface area contributed by atoms with Crippen LogP contribution in [0.25, 0.3) is 5.69 Å². The third kappa shape index (κ3) is 1.97. The number of aromatic amines is 1. The molecule has 0 aliphatic heterocycles. The van der Waals surface area contributed by atoms with Gasteiger partial charge in [0, 0.05) is 4.47 Å². The quantitative estimate of drug-likeness (QED) is 0.836. The summed E-state index contributed by atoms with van der Waals surface area (Å²) in [5.74, 6) is -2.40. The summed E-state index contributed by atoms with van der Waals surface area (Å²) in [4.78, 5) is 24.4. The maximum absolute atomic E-state index is 13.3. The second-order valence-electron chi connectivity index (χ2n) is 3.66. The van der Waals surface area contributed by atoms with Gasteiger partial charge in [-0.05, 0) is 24.6 Å². The van der Waals surface area contributed by atoms with Gasteiger partial charge in [-0.2, -0.15) is 4.39 Å². The van der Waals surface area contributed by atoms with Crippen molar-refractivity contribution in [2.75, 3.05) is 0 Å². The molecule has 2 aromatic rings. The first-order valence-electron chi connectivity index (χ1n) is 4.92. The van der Waals surface area contributed by atoms with Gasteiger partial charge < -0.3 is 5.11 Å². The molecule has 18 heavy (non-hydrogen) atoms. The van der Waals surface area contributed by atoms with Gasteiger partial charge in [0.2, 0.25) is 11.7 Å². The molecule has 2 rings (SSSR count). The van der Waals surface area contributed by atoms with E-state index in [9.17, 15) is 19.1 Å². The normalized spacial score (nSPS) is 10.6. The van der Waals surface area contributed by atoms with Crippen LogP contribution in [0.4, 0.5) is 4.39 Å². The van der Waals surface area contributed by atoms with Crippen LogP contribution in [-0.4, -0.2) is 14.7 Å². The van der Waals surface area contributed by atoms with Crippen molar-refractivity contribution in [1.82, 2.24) is 9.55 Å². The molecular weight excluding hydrogens is 307 g/mol. The number of aromatic nitrogens is 2. The summed E-state index contributed by atoms with van der Waals surface area (Å²) < 4.78 is 14.7. The molecule has 0 aliphatic carbocycles. The van der Waals surface area contributed by atoms with E-state index in [1.165, 1.54) is 6.07 Å². The molecule has 0 spiro atoms. The molecule has 0 aliphatic rings. The molecule has 1 aromatic heterocycles. The predicted octanol–water partition coefficient (Wildman–Crippen LogP) is 1.44. The maximum atomic E-state index is 13.3. The smallest absolute Gasteiger partial charge is 0.335 e. The van der Waals surface area contributed by atoms with Crippen LogP contribution in [-0.2, 0) is 0 Å². The van der Waals surface area contributed by atoms with Crippen molar-refractivity contribution in [3.05, 3.63) is 54.9 Å². The van der Waals surface area contributed by atoms with Crippen molar-refractivity contribution in [1.29, 1.82) is 0 Å². The van der Waals surface area contributed by atoms with E-state index in [1.54, 1.807) is 24.0 Å². The molecular formula is C11H8BrFN2O3. The Labute approximate surface area is 109 Å². The van der Waals surface area contributed by atoms with Gasteiger partial charge in [-0.25, -0.2) is 9.36 Å². The summed E-state index contributed by atoms with van der Waals surface area (Å²) in [6.45, 7) is 1.69. The number of rotatable bonds is 1. The SMILES string of the molecule is Cc1ccc(Br)cc1-n1c(O)c(F)c(=O)[nH]c1=O. The minimum atomic E-state index is -1.39. The van der Waals surface area contributed by atoms with Crippen molar-refractivity contribution in [2.24, 2.45) is 0 Å². The lowest BCUT2D eigenvalue weighted by molar-refractivity contribution is 0.386. The molecule has 0 saturated carbocycles. The van der Waals surface area contributed by atoms with Crippen LogP contribution in [0.3, 0.4) is 0 Å². The third-order valence-corrected chi connectivity index (χ3v) is 2.94. The predicted molar refractivity (Wildman–Crippen MR) is 66.7 cm³/mol. The van der Waals surface area contributed by atoms with E-state index in [0.717, 1.165) is 0 Å². The van der Waals surface area contributed by atoms with Crippen molar-refractivity contribution < 1.29 is 9.50 Å². The number of hydrogen-bond donors (Lipinski definition) is 2. The second-order valence-corrected chi connectivity index (χ2v) is 4.58. The van der Waals surface area contributed by atoms with Gasteiger partial charge in [0.1, 0.15) is 0 Å². The monoisotopic (exact) mass is 314 g/mol. The van der Waals surface area contributed by atoms with E-state index in [-0.39, 0.29) is 5.69 Å². The first kappa shape index (κ1) is 12.6. The third-order valence-electron chi connectivity index (χ3n) is 2.44. The number of aryl methyl sites for hydroxylation is 1. The number of halogens is 2. The Morgan fingerprint density at radius 3 is 2.72 bits per heavy atom. The number of hydrogen-bond acceptors (Lipinski definition) is 3. The first-order valence-corrected chi connectivity index (χ1v) is 5.71. The average molecular weight is 315 g/mol. The molecule has 0 amide bonds. The van der Waals surface area contributed by atoms with Crippen LogP contribution in [0, 0.1) is 12.7 Å². The van der Waals surface area contributed by atoms with E-state index < -0.39 is 22.9 Å². The molecule has 0 radical (unpaired) electrons. The maximum Gasteiger partial charge on any atom is 0.335 e. The van der Waals surface area contributed by atoms with Crippen LogP contribution >= 0.6 is 15.9 Å². The highest BCUT2D eigenvalue weighted by Gasteiger charge is 2.16. The molecule has 5 nitrogen and oxygen atoms in total. The summed E-state index contributed by atoms with van der Waals surface area (Å²) in [7, 11) is 0. The van der Waals surface area contributed by atoms with Gasteiger partial charge in [0.25, 0.3) is 5.56 Å². The lowest BCUT2D eigenvalue weighted by Gasteiger charge is -2.11. The van der Waals surface area contributed by atoms with Crippen molar-refractivity contribution in [2.45, 2.75) is 6.92 Å². The molecule has 0 bridgehead atoms. The van der Waals surface area contributed by atoms with E-state index >= 15 is 0 Å². The number of benzene rings is 1. The van der Waals surface area contributed by atoms with Crippen LogP contribution < -0.4 is 11.2 Å². The number of H-pyrrole nitrogens is 1. The lowest BCUT2D eigenvalue weighted by atomic mass is 10.2.